The Hall–Kier alpha value is -2.36. The predicted molar refractivity (Wildman–Crippen MR) is 76.4 cm³/mol. The molecule has 4 atom stereocenters. The van der Waals surface area contributed by atoms with E-state index in [1.54, 1.807) is 0 Å². The summed E-state index contributed by atoms with van der Waals surface area (Å²) >= 11 is 0. The normalized spacial score (nSPS) is 25.5. The Morgan fingerprint density at radius 1 is 1.08 bits per heavy atom. The van der Waals surface area contributed by atoms with Crippen LogP contribution in [0.4, 0.5) is 0 Å². The Morgan fingerprint density at radius 3 is 2.25 bits per heavy atom. The quantitative estimate of drug-likeness (QED) is 0.154. The standard InChI is InChI=1S/C13H19N3O8/c1-7(17)21-6-10-11(22-8(2)18)12(23-9(3)19)13(24-10)20-5-4-15-16-14/h10-13H,4-6H2,1-3H3/t10-,11-,12?,13?/m1/s1. The fourth-order valence-corrected chi connectivity index (χ4v) is 2.06. The van der Waals surface area contributed by atoms with E-state index in [1.807, 2.05) is 0 Å². The number of azide groups is 1. The van der Waals surface area contributed by atoms with Crippen molar-refractivity contribution >= 4 is 17.9 Å². The predicted octanol–water partition coefficient (Wildman–Crippen LogP) is 0.465. The van der Waals surface area contributed by atoms with E-state index < -0.39 is 42.5 Å². The number of nitrogens with zero attached hydrogens (tertiary/aromatic N) is 3. The zero-order chi connectivity index (χ0) is 18.1. The van der Waals surface area contributed by atoms with Crippen molar-refractivity contribution in [1.29, 1.82) is 0 Å². The number of esters is 3. The van der Waals surface area contributed by atoms with Crippen molar-refractivity contribution in [2.24, 2.45) is 5.11 Å². The molecule has 11 heteroatoms. The van der Waals surface area contributed by atoms with Crippen LogP contribution in [0.2, 0.25) is 0 Å². The summed E-state index contributed by atoms with van der Waals surface area (Å²) < 4.78 is 26.0. The number of carbonyl (C=O) groups excluding carboxylic acids is 3. The maximum Gasteiger partial charge on any atom is 0.303 e. The molecule has 0 aromatic carbocycles. The zero-order valence-corrected chi connectivity index (χ0v) is 13.5. The van der Waals surface area contributed by atoms with Crippen molar-refractivity contribution in [3.05, 3.63) is 10.4 Å². The molecule has 134 valence electrons. The fourth-order valence-electron chi connectivity index (χ4n) is 2.06. The van der Waals surface area contributed by atoms with Crippen LogP contribution in [0.3, 0.4) is 0 Å². The highest BCUT2D eigenvalue weighted by Gasteiger charge is 2.50. The lowest BCUT2D eigenvalue weighted by atomic mass is 10.1. The summed E-state index contributed by atoms with van der Waals surface area (Å²) in [5, 5.41) is 3.30. The Morgan fingerprint density at radius 2 is 1.71 bits per heavy atom. The minimum atomic E-state index is -1.06. The second-order valence-electron chi connectivity index (χ2n) is 4.82. The minimum absolute atomic E-state index is 0.000428. The van der Waals surface area contributed by atoms with Gasteiger partial charge < -0.3 is 23.7 Å². The van der Waals surface area contributed by atoms with Gasteiger partial charge in [0.05, 0.1) is 6.61 Å². The summed E-state index contributed by atoms with van der Waals surface area (Å²) in [6.45, 7) is 3.41. The van der Waals surface area contributed by atoms with E-state index in [-0.39, 0.29) is 19.8 Å². The number of hydrogen-bond acceptors (Lipinski definition) is 9. The molecule has 1 saturated heterocycles. The van der Waals surface area contributed by atoms with E-state index in [4.69, 9.17) is 29.2 Å². The molecule has 0 bridgehead atoms. The first-order chi connectivity index (χ1) is 11.3. The summed E-state index contributed by atoms with van der Waals surface area (Å²) in [6, 6.07) is 0. The lowest BCUT2D eigenvalue weighted by Crippen LogP contribution is -2.41. The van der Waals surface area contributed by atoms with Crippen LogP contribution in [-0.2, 0) is 38.1 Å². The Kier molecular flexibility index (Phi) is 7.96. The van der Waals surface area contributed by atoms with Crippen LogP contribution >= 0.6 is 0 Å². The molecule has 0 aromatic heterocycles. The van der Waals surface area contributed by atoms with Crippen LogP contribution in [0.25, 0.3) is 10.4 Å². The Balaban J connectivity index is 2.85. The topological polar surface area (TPSA) is 146 Å². The first-order valence-electron chi connectivity index (χ1n) is 7.11. The van der Waals surface area contributed by atoms with Crippen molar-refractivity contribution in [3.63, 3.8) is 0 Å². The molecule has 2 unspecified atom stereocenters. The molecule has 1 aliphatic heterocycles. The Bertz CT molecular complexity index is 519. The molecule has 24 heavy (non-hydrogen) atoms. The lowest BCUT2D eigenvalue weighted by molar-refractivity contribution is -0.189. The third kappa shape index (κ3) is 6.41. The number of ether oxygens (including phenoxy) is 5. The molecule has 0 radical (unpaired) electrons. The summed E-state index contributed by atoms with van der Waals surface area (Å²) in [5.74, 6) is -1.79. The van der Waals surface area contributed by atoms with Crippen molar-refractivity contribution in [2.75, 3.05) is 19.8 Å². The second-order valence-corrected chi connectivity index (χ2v) is 4.82. The third-order valence-electron chi connectivity index (χ3n) is 2.86. The van der Waals surface area contributed by atoms with Gasteiger partial charge in [0.2, 0.25) is 0 Å². The molecule has 0 aromatic rings. The van der Waals surface area contributed by atoms with Crippen LogP contribution in [0.5, 0.6) is 0 Å². The third-order valence-corrected chi connectivity index (χ3v) is 2.86. The van der Waals surface area contributed by atoms with Gasteiger partial charge in [-0.25, -0.2) is 0 Å². The van der Waals surface area contributed by atoms with Crippen molar-refractivity contribution in [3.8, 4) is 0 Å². The maximum atomic E-state index is 11.3. The highest BCUT2D eigenvalue weighted by Crippen LogP contribution is 2.28. The average molecular weight is 345 g/mol. The SMILES string of the molecule is CC(=O)OC[C@H]1OC(OCCN=[N+]=[N-])C(OC(C)=O)[C@@H]1OC(C)=O. The molecule has 11 nitrogen and oxygen atoms in total. The van der Waals surface area contributed by atoms with Crippen LogP contribution in [0.15, 0.2) is 5.11 Å². The lowest BCUT2D eigenvalue weighted by Gasteiger charge is -2.23. The number of hydrogen-bond donors (Lipinski definition) is 0. The number of carbonyl (C=O) groups is 3. The molecule has 1 fully saturated rings. The van der Waals surface area contributed by atoms with E-state index in [2.05, 4.69) is 10.0 Å². The van der Waals surface area contributed by atoms with Gasteiger partial charge in [-0.15, -0.1) is 0 Å². The van der Waals surface area contributed by atoms with Gasteiger partial charge in [-0.2, -0.15) is 0 Å². The van der Waals surface area contributed by atoms with Gasteiger partial charge in [0.15, 0.2) is 18.5 Å². The first kappa shape index (κ1) is 19.7. The van der Waals surface area contributed by atoms with Gasteiger partial charge in [-0.05, 0) is 5.53 Å². The molecule has 1 rings (SSSR count). The van der Waals surface area contributed by atoms with Crippen molar-refractivity contribution < 1.29 is 38.1 Å². The van der Waals surface area contributed by atoms with E-state index in [0.29, 0.717) is 0 Å². The zero-order valence-electron chi connectivity index (χ0n) is 13.5. The van der Waals surface area contributed by atoms with Gasteiger partial charge >= 0.3 is 17.9 Å². The Labute approximate surface area is 137 Å². The van der Waals surface area contributed by atoms with Crippen molar-refractivity contribution in [2.45, 2.75) is 45.4 Å². The van der Waals surface area contributed by atoms with Gasteiger partial charge in [-0.1, -0.05) is 5.11 Å². The maximum absolute atomic E-state index is 11.3. The smallest absolute Gasteiger partial charge is 0.303 e. The molecular weight excluding hydrogens is 326 g/mol. The summed E-state index contributed by atoms with van der Waals surface area (Å²) in [5.41, 5.74) is 8.23. The molecule has 0 N–H and O–H groups in total. The van der Waals surface area contributed by atoms with Crippen molar-refractivity contribution in [1.82, 2.24) is 0 Å². The molecule has 1 heterocycles. The van der Waals surface area contributed by atoms with Crippen LogP contribution < -0.4 is 0 Å². The van der Waals surface area contributed by atoms with Crippen LogP contribution in [0.1, 0.15) is 20.8 Å². The van der Waals surface area contributed by atoms with Gasteiger partial charge in [0, 0.05) is 32.2 Å². The molecule has 1 aliphatic rings. The molecular formula is C13H19N3O8. The fraction of sp³-hybridized carbons (Fsp3) is 0.769. The average Bonchev–Trinajstić information content (AvgIpc) is 2.78. The first-order valence-corrected chi connectivity index (χ1v) is 7.11. The molecule has 0 aliphatic carbocycles. The molecule has 0 spiro atoms. The van der Waals surface area contributed by atoms with Gasteiger partial charge in [0.25, 0.3) is 0 Å². The van der Waals surface area contributed by atoms with Crippen LogP contribution in [0, 0.1) is 0 Å². The van der Waals surface area contributed by atoms with Crippen LogP contribution in [-0.4, -0.2) is 62.3 Å². The highest BCUT2D eigenvalue weighted by molar-refractivity contribution is 5.67. The second kappa shape index (κ2) is 9.71. The summed E-state index contributed by atoms with van der Waals surface area (Å²) in [6.07, 6.45) is -3.98. The molecule has 0 saturated carbocycles. The summed E-state index contributed by atoms with van der Waals surface area (Å²) in [4.78, 5) is 36.1. The van der Waals surface area contributed by atoms with Gasteiger partial charge in [-0.3, -0.25) is 14.4 Å². The van der Waals surface area contributed by atoms with E-state index >= 15 is 0 Å². The largest absolute Gasteiger partial charge is 0.463 e. The molecule has 0 amide bonds. The monoisotopic (exact) mass is 345 g/mol. The highest BCUT2D eigenvalue weighted by atomic mass is 16.7. The number of rotatable bonds is 8. The minimum Gasteiger partial charge on any atom is -0.463 e. The van der Waals surface area contributed by atoms with E-state index in [9.17, 15) is 14.4 Å². The van der Waals surface area contributed by atoms with Gasteiger partial charge in [0.1, 0.15) is 12.7 Å². The van der Waals surface area contributed by atoms with E-state index in [0.717, 1.165) is 0 Å². The van der Waals surface area contributed by atoms with E-state index in [1.165, 1.54) is 20.8 Å². The summed E-state index contributed by atoms with van der Waals surface area (Å²) in [7, 11) is 0.